The molecule has 7 nitrogen and oxygen atoms in total. The Labute approximate surface area is 152 Å². The minimum atomic E-state index is -1.20. The van der Waals surface area contributed by atoms with Crippen LogP contribution in [0.4, 0.5) is 4.79 Å². The first-order valence-corrected chi connectivity index (χ1v) is 9.33. The Balaban J connectivity index is 1.65. The second-order valence-electron chi connectivity index (χ2n) is 5.64. The highest BCUT2D eigenvalue weighted by Crippen LogP contribution is 2.28. The molecule has 25 heavy (non-hydrogen) atoms. The van der Waals surface area contributed by atoms with E-state index in [-0.39, 0.29) is 5.75 Å². The van der Waals surface area contributed by atoms with Gasteiger partial charge < -0.3 is 5.32 Å². The average Bonchev–Trinajstić information content (AvgIpc) is 3.11. The number of carbonyl (C=O) groups is 3. The van der Waals surface area contributed by atoms with E-state index in [1.54, 1.807) is 31.2 Å². The molecule has 2 aromatic rings. The Bertz CT molecular complexity index is 824. The normalized spacial score (nSPS) is 19.8. The molecule has 1 aliphatic rings. The summed E-state index contributed by atoms with van der Waals surface area (Å²) in [6.45, 7) is 3.49. The van der Waals surface area contributed by atoms with Gasteiger partial charge in [0.2, 0.25) is 5.91 Å². The maximum Gasteiger partial charge on any atom is 0.344 e. The SMILES string of the molecule is Cc1csc(SCC(=O)NN2C(=O)N[C@](C)(c3ccccc3)C2=O)n1. The lowest BCUT2D eigenvalue weighted by molar-refractivity contribution is -0.138. The molecule has 0 saturated carbocycles. The molecule has 2 heterocycles. The van der Waals surface area contributed by atoms with Gasteiger partial charge in [-0.05, 0) is 19.4 Å². The third-order valence-electron chi connectivity index (χ3n) is 3.70. The Morgan fingerprint density at radius 2 is 2.08 bits per heavy atom. The van der Waals surface area contributed by atoms with Crippen molar-refractivity contribution in [1.82, 2.24) is 20.7 Å². The van der Waals surface area contributed by atoms with E-state index in [2.05, 4.69) is 15.7 Å². The molecule has 1 aromatic carbocycles. The van der Waals surface area contributed by atoms with Gasteiger partial charge in [-0.2, -0.15) is 5.01 Å². The van der Waals surface area contributed by atoms with Crippen LogP contribution in [0.3, 0.4) is 0 Å². The van der Waals surface area contributed by atoms with Gasteiger partial charge >= 0.3 is 6.03 Å². The number of hydrazine groups is 1. The lowest BCUT2D eigenvalue weighted by Gasteiger charge is -2.22. The predicted molar refractivity (Wildman–Crippen MR) is 94.9 cm³/mol. The molecule has 1 aliphatic heterocycles. The molecule has 0 spiro atoms. The molecule has 3 rings (SSSR count). The molecule has 1 fully saturated rings. The van der Waals surface area contributed by atoms with Gasteiger partial charge in [0.15, 0.2) is 4.34 Å². The van der Waals surface area contributed by atoms with Gasteiger partial charge in [0.05, 0.1) is 5.75 Å². The van der Waals surface area contributed by atoms with E-state index in [0.29, 0.717) is 5.56 Å². The van der Waals surface area contributed by atoms with Crippen LogP contribution in [-0.4, -0.2) is 33.6 Å². The van der Waals surface area contributed by atoms with Gasteiger partial charge in [0.1, 0.15) is 5.54 Å². The van der Waals surface area contributed by atoms with E-state index in [1.807, 2.05) is 18.4 Å². The van der Waals surface area contributed by atoms with Crippen LogP contribution in [0.5, 0.6) is 0 Å². The number of thioether (sulfide) groups is 1. The third kappa shape index (κ3) is 3.52. The summed E-state index contributed by atoms with van der Waals surface area (Å²) in [5, 5.41) is 5.27. The monoisotopic (exact) mass is 376 g/mol. The third-order valence-corrected chi connectivity index (χ3v) is 5.84. The van der Waals surface area contributed by atoms with Gasteiger partial charge in [-0.3, -0.25) is 15.0 Å². The first-order chi connectivity index (χ1) is 11.9. The van der Waals surface area contributed by atoms with Crippen molar-refractivity contribution in [1.29, 1.82) is 0 Å². The summed E-state index contributed by atoms with van der Waals surface area (Å²) in [6, 6.07) is 8.25. The average molecular weight is 376 g/mol. The first-order valence-electron chi connectivity index (χ1n) is 7.47. The maximum atomic E-state index is 12.7. The minimum Gasteiger partial charge on any atom is -0.318 e. The van der Waals surface area contributed by atoms with E-state index < -0.39 is 23.4 Å². The fourth-order valence-corrected chi connectivity index (χ4v) is 4.03. The van der Waals surface area contributed by atoms with Crippen LogP contribution in [0.25, 0.3) is 0 Å². The highest BCUT2D eigenvalue weighted by Gasteiger charge is 2.49. The van der Waals surface area contributed by atoms with Gasteiger partial charge in [-0.1, -0.05) is 42.1 Å². The number of nitrogens with zero attached hydrogens (tertiary/aromatic N) is 2. The number of benzene rings is 1. The van der Waals surface area contributed by atoms with Crippen LogP contribution >= 0.6 is 23.1 Å². The number of rotatable bonds is 5. The fraction of sp³-hybridized carbons (Fsp3) is 0.250. The Morgan fingerprint density at radius 3 is 2.72 bits per heavy atom. The quantitative estimate of drug-likeness (QED) is 0.616. The number of amides is 4. The number of aryl methyl sites for hydroxylation is 1. The highest BCUT2D eigenvalue weighted by molar-refractivity contribution is 8.01. The van der Waals surface area contributed by atoms with Crippen LogP contribution in [0.2, 0.25) is 0 Å². The summed E-state index contributed by atoms with van der Waals surface area (Å²) in [7, 11) is 0. The number of nitrogens with one attached hydrogen (secondary N) is 2. The molecule has 1 aromatic heterocycles. The molecule has 0 bridgehead atoms. The van der Waals surface area contributed by atoms with E-state index in [4.69, 9.17) is 0 Å². The summed E-state index contributed by atoms with van der Waals surface area (Å²) in [6.07, 6.45) is 0. The zero-order chi connectivity index (χ0) is 18.0. The van der Waals surface area contributed by atoms with Crippen molar-refractivity contribution in [2.24, 2.45) is 0 Å². The standard InChI is InChI=1S/C16H16N4O3S2/c1-10-8-24-15(17-10)25-9-12(21)19-20-13(22)16(2,18-14(20)23)11-6-4-3-5-7-11/h3-8H,9H2,1-2H3,(H,18,23)(H,19,21)/t16-/m1/s1. The number of thiazole rings is 1. The molecule has 9 heteroatoms. The minimum absolute atomic E-state index is 0.0616. The number of hydrogen-bond acceptors (Lipinski definition) is 6. The number of aromatic nitrogens is 1. The van der Waals surface area contributed by atoms with Gasteiger partial charge in [0.25, 0.3) is 5.91 Å². The van der Waals surface area contributed by atoms with E-state index >= 15 is 0 Å². The molecular weight excluding hydrogens is 360 g/mol. The molecule has 1 atom stereocenters. The van der Waals surface area contributed by atoms with Crippen molar-refractivity contribution in [2.45, 2.75) is 23.7 Å². The Kier molecular flexibility index (Phi) is 4.78. The molecule has 130 valence electrons. The second-order valence-corrected chi connectivity index (χ2v) is 7.72. The van der Waals surface area contributed by atoms with Gasteiger partial charge in [-0.15, -0.1) is 11.3 Å². The van der Waals surface area contributed by atoms with Crippen molar-refractivity contribution < 1.29 is 14.4 Å². The molecule has 0 unspecified atom stereocenters. The van der Waals surface area contributed by atoms with E-state index in [1.165, 1.54) is 23.1 Å². The number of carbonyl (C=O) groups excluding carboxylic acids is 3. The van der Waals surface area contributed by atoms with Crippen molar-refractivity contribution in [3.05, 3.63) is 47.0 Å². The van der Waals surface area contributed by atoms with Crippen molar-refractivity contribution >= 4 is 40.9 Å². The number of imide groups is 1. The van der Waals surface area contributed by atoms with Crippen LogP contribution in [0, 0.1) is 6.92 Å². The summed E-state index contributed by atoms with van der Waals surface area (Å²) in [5.41, 5.74) is 2.71. The summed E-state index contributed by atoms with van der Waals surface area (Å²) >= 11 is 2.70. The Morgan fingerprint density at radius 1 is 1.36 bits per heavy atom. The molecule has 2 N–H and O–H groups in total. The largest absolute Gasteiger partial charge is 0.344 e. The summed E-state index contributed by atoms with van der Waals surface area (Å²) < 4.78 is 0.763. The number of hydrogen-bond donors (Lipinski definition) is 2. The molecular formula is C16H16N4O3S2. The zero-order valence-corrected chi connectivity index (χ0v) is 15.2. The van der Waals surface area contributed by atoms with E-state index in [9.17, 15) is 14.4 Å². The predicted octanol–water partition coefficient (Wildman–Crippen LogP) is 2.04. The summed E-state index contributed by atoms with van der Waals surface area (Å²) in [5.74, 6) is -0.905. The fourth-order valence-electron chi connectivity index (χ4n) is 2.39. The summed E-state index contributed by atoms with van der Waals surface area (Å²) in [4.78, 5) is 41.1. The van der Waals surface area contributed by atoms with Crippen LogP contribution < -0.4 is 10.7 Å². The van der Waals surface area contributed by atoms with Crippen LogP contribution in [0.1, 0.15) is 18.2 Å². The molecule has 0 radical (unpaired) electrons. The smallest absolute Gasteiger partial charge is 0.318 e. The van der Waals surface area contributed by atoms with Crippen molar-refractivity contribution in [2.75, 3.05) is 5.75 Å². The highest BCUT2D eigenvalue weighted by atomic mass is 32.2. The number of urea groups is 1. The van der Waals surface area contributed by atoms with Gasteiger partial charge in [0, 0.05) is 11.1 Å². The maximum absolute atomic E-state index is 12.7. The molecule has 0 aliphatic carbocycles. The lowest BCUT2D eigenvalue weighted by Crippen LogP contribution is -2.48. The van der Waals surface area contributed by atoms with Crippen molar-refractivity contribution in [3.63, 3.8) is 0 Å². The van der Waals surface area contributed by atoms with Crippen molar-refractivity contribution in [3.8, 4) is 0 Å². The first kappa shape index (κ1) is 17.4. The van der Waals surface area contributed by atoms with Crippen LogP contribution in [0.15, 0.2) is 40.1 Å². The second kappa shape index (κ2) is 6.85. The zero-order valence-electron chi connectivity index (χ0n) is 13.6. The molecule has 1 saturated heterocycles. The lowest BCUT2D eigenvalue weighted by atomic mass is 9.92. The topological polar surface area (TPSA) is 91.4 Å². The Hall–Kier alpha value is -2.39. The van der Waals surface area contributed by atoms with E-state index in [0.717, 1.165) is 15.0 Å². The van der Waals surface area contributed by atoms with Gasteiger partial charge in [-0.25, -0.2) is 9.78 Å². The van der Waals surface area contributed by atoms with Crippen LogP contribution in [-0.2, 0) is 15.1 Å². The molecule has 4 amide bonds.